The van der Waals surface area contributed by atoms with Crippen LogP contribution in [0.1, 0.15) is 31.1 Å². The lowest BCUT2D eigenvalue weighted by Gasteiger charge is -2.20. The van der Waals surface area contributed by atoms with Gasteiger partial charge in [-0.05, 0) is 43.5 Å². The molecule has 0 bridgehead atoms. The number of nitrogens with one attached hydrogen (secondary N) is 1. The zero-order chi connectivity index (χ0) is 13.8. The molecule has 106 valence electrons. The highest BCUT2D eigenvalue weighted by atomic mass is 16.3. The molecule has 0 unspecified atom stereocenters. The molecule has 0 saturated heterocycles. The molecule has 1 saturated carbocycles. The number of anilines is 1. The lowest BCUT2D eigenvalue weighted by atomic mass is 10.2. The topological polar surface area (TPSA) is 41.3 Å². The molecule has 0 atom stereocenters. The second-order valence-electron chi connectivity index (χ2n) is 5.30. The summed E-state index contributed by atoms with van der Waals surface area (Å²) < 4.78 is 5.46. The minimum atomic E-state index is 0.702. The number of pyridine rings is 1. The Bertz CT molecular complexity index is 517. The summed E-state index contributed by atoms with van der Waals surface area (Å²) in [6.07, 6.45) is 6.30. The summed E-state index contributed by atoms with van der Waals surface area (Å²) in [6, 6.07) is 8.91. The molecule has 0 radical (unpaired) electrons. The average Bonchev–Trinajstić information content (AvgIpc) is 3.19. The predicted molar refractivity (Wildman–Crippen MR) is 79.4 cm³/mol. The molecule has 2 heterocycles. The minimum absolute atomic E-state index is 0.702. The van der Waals surface area contributed by atoms with Gasteiger partial charge in [-0.1, -0.05) is 6.07 Å². The van der Waals surface area contributed by atoms with Gasteiger partial charge in [0.25, 0.3) is 0 Å². The zero-order valence-electron chi connectivity index (χ0n) is 11.9. The van der Waals surface area contributed by atoms with E-state index in [2.05, 4.69) is 34.3 Å². The van der Waals surface area contributed by atoms with E-state index in [9.17, 15) is 0 Å². The van der Waals surface area contributed by atoms with Crippen LogP contribution in [0, 0.1) is 0 Å². The SMILES string of the molecule is CCNc1ccc(CN(Cc2ccco2)C2CC2)cn1. The molecule has 1 aliphatic rings. The van der Waals surface area contributed by atoms with E-state index < -0.39 is 0 Å². The Morgan fingerprint density at radius 3 is 2.80 bits per heavy atom. The maximum absolute atomic E-state index is 5.46. The maximum atomic E-state index is 5.46. The first-order chi connectivity index (χ1) is 9.85. The van der Waals surface area contributed by atoms with Crippen molar-refractivity contribution in [2.75, 3.05) is 11.9 Å². The first kappa shape index (κ1) is 13.2. The highest BCUT2D eigenvalue weighted by Gasteiger charge is 2.29. The molecule has 0 aromatic carbocycles. The van der Waals surface area contributed by atoms with Crippen LogP contribution in [0.15, 0.2) is 41.1 Å². The van der Waals surface area contributed by atoms with Crippen molar-refractivity contribution in [1.82, 2.24) is 9.88 Å². The average molecular weight is 271 g/mol. The van der Waals surface area contributed by atoms with Gasteiger partial charge in [0, 0.05) is 25.3 Å². The molecule has 0 spiro atoms. The van der Waals surface area contributed by atoms with Crippen LogP contribution >= 0.6 is 0 Å². The number of aromatic nitrogens is 1. The molecule has 4 nitrogen and oxygen atoms in total. The van der Waals surface area contributed by atoms with Crippen LogP contribution in [-0.2, 0) is 13.1 Å². The number of hydrogen-bond acceptors (Lipinski definition) is 4. The molecule has 0 aliphatic heterocycles. The van der Waals surface area contributed by atoms with Crippen LogP contribution in [0.4, 0.5) is 5.82 Å². The van der Waals surface area contributed by atoms with E-state index >= 15 is 0 Å². The summed E-state index contributed by atoms with van der Waals surface area (Å²) in [5.41, 5.74) is 1.25. The molecular weight excluding hydrogens is 250 g/mol. The van der Waals surface area contributed by atoms with Crippen LogP contribution in [0.5, 0.6) is 0 Å². The summed E-state index contributed by atoms with van der Waals surface area (Å²) in [5, 5.41) is 3.22. The molecule has 20 heavy (non-hydrogen) atoms. The normalized spacial score (nSPS) is 14.7. The standard InChI is InChI=1S/C16H21N3O/c1-2-17-16-8-5-13(10-18-16)11-19(14-6-7-14)12-15-4-3-9-20-15/h3-5,8-10,14H,2,6-7,11-12H2,1H3,(H,17,18). The first-order valence-electron chi connectivity index (χ1n) is 7.30. The van der Waals surface area contributed by atoms with E-state index in [1.165, 1.54) is 18.4 Å². The molecule has 2 aromatic heterocycles. The van der Waals surface area contributed by atoms with Crippen molar-refractivity contribution in [2.45, 2.75) is 38.9 Å². The molecule has 1 N–H and O–H groups in total. The Balaban J connectivity index is 1.63. The smallest absolute Gasteiger partial charge is 0.125 e. The van der Waals surface area contributed by atoms with Crippen molar-refractivity contribution < 1.29 is 4.42 Å². The summed E-state index contributed by atoms with van der Waals surface area (Å²) in [5.74, 6) is 1.98. The second-order valence-corrected chi connectivity index (χ2v) is 5.30. The third-order valence-corrected chi connectivity index (χ3v) is 3.57. The van der Waals surface area contributed by atoms with Crippen molar-refractivity contribution >= 4 is 5.82 Å². The van der Waals surface area contributed by atoms with E-state index in [-0.39, 0.29) is 0 Å². The Hall–Kier alpha value is -1.81. The predicted octanol–water partition coefficient (Wildman–Crippen LogP) is 3.27. The molecule has 3 rings (SSSR count). The van der Waals surface area contributed by atoms with Crippen molar-refractivity contribution in [3.05, 3.63) is 48.0 Å². The monoisotopic (exact) mass is 271 g/mol. The fourth-order valence-corrected chi connectivity index (χ4v) is 2.39. The minimum Gasteiger partial charge on any atom is -0.468 e. The molecule has 1 fully saturated rings. The summed E-state index contributed by atoms with van der Waals surface area (Å²) >= 11 is 0. The third-order valence-electron chi connectivity index (χ3n) is 3.57. The quantitative estimate of drug-likeness (QED) is 0.839. The van der Waals surface area contributed by atoms with Gasteiger partial charge in [0.15, 0.2) is 0 Å². The maximum Gasteiger partial charge on any atom is 0.125 e. The summed E-state index contributed by atoms with van der Waals surface area (Å²) in [4.78, 5) is 6.91. The van der Waals surface area contributed by atoms with E-state index in [0.29, 0.717) is 6.04 Å². The van der Waals surface area contributed by atoms with E-state index in [1.807, 2.05) is 18.3 Å². The Morgan fingerprint density at radius 2 is 2.20 bits per heavy atom. The zero-order valence-corrected chi connectivity index (χ0v) is 11.9. The van der Waals surface area contributed by atoms with Crippen LogP contribution < -0.4 is 5.32 Å². The van der Waals surface area contributed by atoms with Crippen LogP contribution in [0.2, 0.25) is 0 Å². The second kappa shape index (κ2) is 6.09. The number of rotatable bonds is 7. The van der Waals surface area contributed by atoms with Gasteiger partial charge in [0.2, 0.25) is 0 Å². The lowest BCUT2D eigenvalue weighted by Crippen LogP contribution is -2.24. The van der Waals surface area contributed by atoms with Crippen molar-refractivity contribution in [3.8, 4) is 0 Å². The van der Waals surface area contributed by atoms with Crippen molar-refractivity contribution in [1.29, 1.82) is 0 Å². The van der Waals surface area contributed by atoms with Gasteiger partial charge in [-0.2, -0.15) is 0 Å². The van der Waals surface area contributed by atoms with Gasteiger partial charge in [-0.3, -0.25) is 4.90 Å². The van der Waals surface area contributed by atoms with Crippen molar-refractivity contribution in [2.24, 2.45) is 0 Å². The largest absolute Gasteiger partial charge is 0.468 e. The van der Waals surface area contributed by atoms with Crippen LogP contribution in [-0.4, -0.2) is 22.5 Å². The van der Waals surface area contributed by atoms with E-state index in [0.717, 1.165) is 31.2 Å². The van der Waals surface area contributed by atoms with E-state index in [1.54, 1.807) is 6.26 Å². The third kappa shape index (κ3) is 3.39. The number of furan rings is 1. The fourth-order valence-electron chi connectivity index (χ4n) is 2.39. The van der Waals surface area contributed by atoms with Gasteiger partial charge >= 0.3 is 0 Å². The van der Waals surface area contributed by atoms with Gasteiger partial charge in [0.1, 0.15) is 11.6 Å². The van der Waals surface area contributed by atoms with Gasteiger partial charge < -0.3 is 9.73 Å². The Labute approximate surface area is 119 Å². The van der Waals surface area contributed by atoms with Crippen LogP contribution in [0.25, 0.3) is 0 Å². The molecule has 2 aromatic rings. The molecule has 1 aliphatic carbocycles. The first-order valence-corrected chi connectivity index (χ1v) is 7.30. The number of hydrogen-bond donors (Lipinski definition) is 1. The summed E-state index contributed by atoms with van der Waals surface area (Å²) in [7, 11) is 0. The van der Waals surface area contributed by atoms with Crippen molar-refractivity contribution in [3.63, 3.8) is 0 Å². The Kier molecular flexibility index (Phi) is 4.02. The molecular formula is C16H21N3O. The fraction of sp³-hybridized carbons (Fsp3) is 0.438. The lowest BCUT2D eigenvalue weighted by molar-refractivity contribution is 0.225. The highest BCUT2D eigenvalue weighted by Crippen LogP contribution is 2.29. The Morgan fingerprint density at radius 1 is 1.30 bits per heavy atom. The molecule has 4 heteroatoms. The van der Waals surface area contributed by atoms with E-state index in [4.69, 9.17) is 4.42 Å². The van der Waals surface area contributed by atoms with Gasteiger partial charge in [-0.15, -0.1) is 0 Å². The summed E-state index contributed by atoms with van der Waals surface area (Å²) in [6.45, 7) is 4.80. The molecule has 0 amide bonds. The highest BCUT2D eigenvalue weighted by molar-refractivity contribution is 5.35. The van der Waals surface area contributed by atoms with Gasteiger partial charge in [0.05, 0.1) is 12.8 Å². The van der Waals surface area contributed by atoms with Gasteiger partial charge in [-0.25, -0.2) is 4.98 Å². The number of nitrogens with zero attached hydrogens (tertiary/aromatic N) is 2. The van der Waals surface area contributed by atoms with Crippen LogP contribution in [0.3, 0.4) is 0 Å².